The van der Waals surface area contributed by atoms with E-state index in [9.17, 15) is 9.50 Å². The maximum atomic E-state index is 13.4. The van der Waals surface area contributed by atoms with Crippen LogP contribution in [0.25, 0.3) is 0 Å². The molecule has 0 aliphatic carbocycles. The third-order valence-electron chi connectivity index (χ3n) is 3.45. The normalized spacial score (nSPS) is 11.0. The number of hydrogen-bond acceptors (Lipinski definition) is 3. The zero-order chi connectivity index (χ0) is 15.1. The van der Waals surface area contributed by atoms with Gasteiger partial charge in [-0.3, -0.25) is 4.90 Å². The first kappa shape index (κ1) is 15.6. The predicted octanol–water partition coefficient (Wildman–Crippen LogP) is 2.28. The minimum atomic E-state index is -0.258. The van der Waals surface area contributed by atoms with E-state index in [1.165, 1.54) is 12.1 Å². The molecular weight excluding hydrogens is 267 g/mol. The summed E-state index contributed by atoms with van der Waals surface area (Å²) in [5.74, 6) is -0.258. The topological polar surface area (TPSA) is 49.5 Å². The van der Waals surface area contributed by atoms with Crippen molar-refractivity contribution in [3.05, 3.63) is 71.0 Å². The van der Waals surface area contributed by atoms with E-state index in [2.05, 4.69) is 4.90 Å². The number of nitrogens with two attached hydrogens (primary N) is 1. The molecule has 0 atom stereocenters. The lowest BCUT2D eigenvalue weighted by Crippen LogP contribution is -2.26. The molecule has 0 saturated heterocycles. The summed E-state index contributed by atoms with van der Waals surface area (Å²) in [6, 6.07) is 14.7. The molecular formula is C17H21FN2O. The highest BCUT2D eigenvalue weighted by Gasteiger charge is 2.10. The van der Waals surface area contributed by atoms with Gasteiger partial charge in [-0.25, -0.2) is 4.39 Å². The fourth-order valence-electron chi connectivity index (χ4n) is 2.38. The van der Waals surface area contributed by atoms with Crippen molar-refractivity contribution in [2.75, 3.05) is 13.2 Å². The Morgan fingerprint density at radius 1 is 1.00 bits per heavy atom. The van der Waals surface area contributed by atoms with Crippen LogP contribution in [-0.4, -0.2) is 23.2 Å². The quantitative estimate of drug-likeness (QED) is 0.822. The molecule has 3 nitrogen and oxygen atoms in total. The van der Waals surface area contributed by atoms with Crippen molar-refractivity contribution < 1.29 is 9.50 Å². The molecule has 0 aromatic heterocycles. The molecule has 0 spiro atoms. The second-order valence-corrected chi connectivity index (χ2v) is 5.04. The van der Waals surface area contributed by atoms with E-state index >= 15 is 0 Å². The minimum absolute atomic E-state index is 0.0696. The Labute approximate surface area is 124 Å². The van der Waals surface area contributed by atoms with Crippen molar-refractivity contribution in [3.8, 4) is 0 Å². The molecule has 2 rings (SSSR count). The van der Waals surface area contributed by atoms with Crippen LogP contribution < -0.4 is 5.73 Å². The van der Waals surface area contributed by atoms with Crippen LogP contribution in [0, 0.1) is 5.82 Å². The van der Waals surface area contributed by atoms with Crippen LogP contribution >= 0.6 is 0 Å². The molecule has 0 aliphatic heterocycles. The van der Waals surface area contributed by atoms with Gasteiger partial charge < -0.3 is 10.8 Å². The van der Waals surface area contributed by atoms with Gasteiger partial charge in [-0.15, -0.1) is 0 Å². The molecule has 0 fully saturated rings. The van der Waals surface area contributed by atoms with E-state index in [0.717, 1.165) is 16.7 Å². The predicted molar refractivity (Wildman–Crippen MR) is 81.9 cm³/mol. The van der Waals surface area contributed by atoms with Crippen molar-refractivity contribution in [2.24, 2.45) is 5.73 Å². The maximum absolute atomic E-state index is 13.4. The molecule has 0 amide bonds. The lowest BCUT2D eigenvalue weighted by Gasteiger charge is -2.23. The van der Waals surface area contributed by atoms with Crippen LogP contribution in [0.4, 0.5) is 4.39 Å². The molecule has 4 heteroatoms. The molecule has 21 heavy (non-hydrogen) atoms. The summed E-state index contributed by atoms with van der Waals surface area (Å²) < 4.78 is 13.4. The lowest BCUT2D eigenvalue weighted by atomic mass is 10.1. The Bertz CT molecular complexity index is 560. The van der Waals surface area contributed by atoms with Crippen LogP contribution in [0.2, 0.25) is 0 Å². The first-order chi connectivity index (χ1) is 10.2. The third kappa shape index (κ3) is 4.63. The van der Waals surface area contributed by atoms with E-state index in [1.807, 2.05) is 30.3 Å². The fraction of sp³-hybridized carbons (Fsp3) is 0.294. The van der Waals surface area contributed by atoms with Crippen molar-refractivity contribution in [2.45, 2.75) is 19.6 Å². The van der Waals surface area contributed by atoms with Gasteiger partial charge in [0.25, 0.3) is 0 Å². The second-order valence-electron chi connectivity index (χ2n) is 5.04. The average Bonchev–Trinajstić information content (AvgIpc) is 2.49. The Morgan fingerprint density at radius 2 is 1.76 bits per heavy atom. The molecule has 3 N–H and O–H groups in total. The van der Waals surface area contributed by atoms with Gasteiger partial charge in [0.1, 0.15) is 5.82 Å². The first-order valence-corrected chi connectivity index (χ1v) is 7.07. The number of benzene rings is 2. The number of hydrogen-bond donors (Lipinski definition) is 2. The Kier molecular flexibility index (Phi) is 5.87. The number of aliphatic hydroxyl groups excluding tert-OH is 1. The highest BCUT2D eigenvalue weighted by Crippen LogP contribution is 2.15. The van der Waals surface area contributed by atoms with Crippen LogP contribution in [0.3, 0.4) is 0 Å². The average molecular weight is 288 g/mol. The summed E-state index contributed by atoms with van der Waals surface area (Å²) in [7, 11) is 0. The molecule has 0 heterocycles. The Morgan fingerprint density at radius 3 is 2.43 bits per heavy atom. The van der Waals surface area contributed by atoms with Gasteiger partial charge in [-0.1, -0.05) is 36.4 Å². The second kappa shape index (κ2) is 7.88. The summed E-state index contributed by atoms with van der Waals surface area (Å²) in [6.07, 6.45) is 0. The van der Waals surface area contributed by atoms with Crippen molar-refractivity contribution >= 4 is 0 Å². The van der Waals surface area contributed by atoms with E-state index < -0.39 is 0 Å². The molecule has 0 bridgehead atoms. The van der Waals surface area contributed by atoms with Gasteiger partial charge in [0.2, 0.25) is 0 Å². The van der Waals surface area contributed by atoms with E-state index in [4.69, 9.17) is 5.73 Å². The van der Waals surface area contributed by atoms with Crippen molar-refractivity contribution in [3.63, 3.8) is 0 Å². The largest absolute Gasteiger partial charge is 0.395 e. The van der Waals surface area contributed by atoms with E-state index in [0.29, 0.717) is 26.2 Å². The summed E-state index contributed by atoms with van der Waals surface area (Å²) in [5, 5.41) is 9.23. The van der Waals surface area contributed by atoms with E-state index in [-0.39, 0.29) is 12.4 Å². The SMILES string of the molecule is NCc1ccc(F)cc1CN(CCO)Cc1ccccc1. The Balaban J connectivity index is 2.14. The van der Waals surface area contributed by atoms with Crippen LogP contribution in [-0.2, 0) is 19.6 Å². The minimum Gasteiger partial charge on any atom is -0.395 e. The number of nitrogens with zero attached hydrogens (tertiary/aromatic N) is 1. The third-order valence-corrected chi connectivity index (χ3v) is 3.45. The molecule has 0 unspecified atom stereocenters. The van der Waals surface area contributed by atoms with Crippen LogP contribution in [0.5, 0.6) is 0 Å². The molecule has 0 saturated carbocycles. The van der Waals surface area contributed by atoms with Crippen LogP contribution in [0.1, 0.15) is 16.7 Å². The summed E-state index contributed by atoms with van der Waals surface area (Å²) in [6.45, 7) is 2.27. The van der Waals surface area contributed by atoms with Gasteiger partial charge in [-0.05, 0) is 28.8 Å². The lowest BCUT2D eigenvalue weighted by molar-refractivity contribution is 0.184. The highest BCUT2D eigenvalue weighted by atomic mass is 19.1. The van der Waals surface area contributed by atoms with Gasteiger partial charge in [0, 0.05) is 26.2 Å². The number of rotatable bonds is 7. The van der Waals surface area contributed by atoms with Crippen LogP contribution in [0.15, 0.2) is 48.5 Å². The Hall–Kier alpha value is -1.75. The van der Waals surface area contributed by atoms with Gasteiger partial charge in [-0.2, -0.15) is 0 Å². The summed E-state index contributed by atoms with van der Waals surface area (Å²) >= 11 is 0. The van der Waals surface area contributed by atoms with E-state index in [1.54, 1.807) is 6.07 Å². The monoisotopic (exact) mass is 288 g/mol. The zero-order valence-electron chi connectivity index (χ0n) is 12.0. The molecule has 2 aromatic carbocycles. The smallest absolute Gasteiger partial charge is 0.123 e. The van der Waals surface area contributed by atoms with Gasteiger partial charge in [0.15, 0.2) is 0 Å². The molecule has 2 aromatic rings. The zero-order valence-corrected chi connectivity index (χ0v) is 12.0. The molecule has 0 aliphatic rings. The summed E-state index contributed by atoms with van der Waals surface area (Å²) in [5.41, 5.74) is 8.69. The maximum Gasteiger partial charge on any atom is 0.123 e. The van der Waals surface area contributed by atoms with Crippen molar-refractivity contribution in [1.82, 2.24) is 4.90 Å². The van der Waals surface area contributed by atoms with Gasteiger partial charge >= 0.3 is 0 Å². The highest BCUT2D eigenvalue weighted by molar-refractivity contribution is 5.28. The summed E-state index contributed by atoms with van der Waals surface area (Å²) in [4.78, 5) is 2.09. The van der Waals surface area contributed by atoms with Gasteiger partial charge in [0.05, 0.1) is 6.61 Å². The first-order valence-electron chi connectivity index (χ1n) is 7.07. The molecule has 0 radical (unpaired) electrons. The number of aliphatic hydroxyl groups is 1. The number of halogens is 1. The molecule has 112 valence electrons. The fourth-order valence-corrected chi connectivity index (χ4v) is 2.38. The van der Waals surface area contributed by atoms with Crippen molar-refractivity contribution in [1.29, 1.82) is 0 Å². The standard InChI is InChI=1S/C17H21FN2O/c18-17-7-6-15(11-19)16(10-17)13-20(8-9-21)12-14-4-2-1-3-5-14/h1-7,10,21H,8-9,11-13,19H2.